The van der Waals surface area contributed by atoms with Crippen LogP contribution in [0.5, 0.6) is 5.75 Å². The number of ether oxygens (including phenoxy) is 1. The fraction of sp³-hybridized carbons (Fsp3) is 0.320. The summed E-state index contributed by atoms with van der Waals surface area (Å²) in [5, 5.41) is 0.570. The van der Waals surface area contributed by atoms with E-state index in [0.717, 1.165) is 11.1 Å². The second-order valence-electron chi connectivity index (χ2n) is 8.40. The molecule has 1 saturated heterocycles. The summed E-state index contributed by atoms with van der Waals surface area (Å²) in [5.41, 5.74) is 3.24. The van der Waals surface area contributed by atoms with Gasteiger partial charge in [0.05, 0.1) is 29.8 Å². The van der Waals surface area contributed by atoms with Crippen LogP contribution in [0, 0.1) is 6.92 Å². The number of thioether (sulfide) groups is 1. The fourth-order valence-electron chi connectivity index (χ4n) is 3.94. The Hall–Kier alpha value is -2.62. The van der Waals surface area contributed by atoms with E-state index in [1.165, 1.54) is 23.5 Å². The summed E-state index contributed by atoms with van der Waals surface area (Å²) in [7, 11) is -1.62. The molecule has 0 radical (unpaired) electrons. The van der Waals surface area contributed by atoms with Crippen molar-refractivity contribution in [2.45, 2.75) is 36.8 Å². The lowest BCUT2D eigenvalue weighted by Crippen LogP contribution is -2.41. The number of halogens is 1. The van der Waals surface area contributed by atoms with Crippen LogP contribution in [0.25, 0.3) is 0 Å². The average Bonchev–Trinajstić information content (AvgIpc) is 3.22. The number of hydrogen-bond donors (Lipinski definition) is 0. The van der Waals surface area contributed by atoms with Crippen molar-refractivity contribution in [2.24, 2.45) is 0 Å². The zero-order valence-corrected chi connectivity index (χ0v) is 21.9. The molecule has 7 nitrogen and oxygen atoms in total. The quantitative estimate of drug-likeness (QED) is 0.311. The maximum Gasteiger partial charge on any atom is 0.274 e. The molecule has 1 aromatic heterocycles. The van der Waals surface area contributed by atoms with Crippen LogP contribution in [0.1, 0.15) is 33.6 Å². The van der Waals surface area contributed by atoms with Gasteiger partial charge in [-0.05, 0) is 42.2 Å². The zero-order chi connectivity index (χ0) is 25.0. The van der Waals surface area contributed by atoms with Crippen LogP contribution in [0.15, 0.2) is 59.9 Å². The van der Waals surface area contributed by atoms with Crippen LogP contribution in [0.2, 0.25) is 5.02 Å². The van der Waals surface area contributed by atoms with Crippen molar-refractivity contribution in [3.8, 4) is 5.75 Å². The lowest BCUT2D eigenvalue weighted by molar-refractivity contribution is 0.0674. The topological polar surface area (TPSA) is 89.5 Å². The molecule has 1 fully saturated rings. The van der Waals surface area contributed by atoms with Crippen LogP contribution in [0.3, 0.4) is 0 Å². The third kappa shape index (κ3) is 6.34. The molecule has 1 amide bonds. The maximum absolute atomic E-state index is 13.7. The molecule has 0 N–H and O–H groups in total. The van der Waals surface area contributed by atoms with Gasteiger partial charge in [-0.3, -0.25) is 4.79 Å². The molecule has 0 saturated carbocycles. The smallest absolute Gasteiger partial charge is 0.274 e. The summed E-state index contributed by atoms with van der Waals surface area (Å²) in [6, 6.07) is 14.9. The molecule has 2 heterocycles. The molecule has 0 spiro atoms. The Morgan fingerprint density at radius 3 is 2.60 bits per heavy atom. The lowest BCUT2D eigenvalue weighted by atomic mass is 10.1. The maximum atomic E-state index is 13.7. The zero-order valence-electron chi connectivity index (χ0n) is 19.5. The van der Waals surface area contributed by atoms with Crippen molar-refractivity contribution in [1.82, 2.24) is 14.9 Å². The molecule has 2 aromatic carbocycles. The van der Waals surface area contributed by atoms with Gasteiger partial charge in [0.25, 0.3) is 5.91 Å². The van der Waals surface area contributed by atoms with Gasteiger partial charge in [-0.2, -0.15) is 0 Å². The largest absolute Gasteiger partial charge is 0.497 e. The van der Waals surface area contributed by atoms with Crippen LogP contribution >= 0.6 is 23.4 Å². The summed E-state index contributed by atoms with van der Waals surface area (Å²) in [4.78, 5) is 24.0. The standard InChI is InChI=1S/C25H26ClN3O4S2/c1-17-5-3-4-6-19(17)15-34-25-27-13-22(26)23(28-25)24(30)29(20-11-12-35(31,32)16-20)14-18-7-9-21(33-2)10-8-18/h3-10,13,20H,11-12,14-16H2,1-2H3. The third-order valence-electron chi connectivity index (χ3n) is 5.96. The van der Waals surface area contributed by atoms with E-state index in [9.17, 15) is 13.2 Å². The highest BCUT2D eigenvalue weighted by Crippen LogP contribution is 2.27. The number of hydrogen-bond acceptors (Lipinski definition) is 7. The van der Waals surface area contributed by atoms with E-state index in [-0.39, 0.29) is 28.8 Å². The van der Waals surface area contributed by atoms with Crippen LogP contribution in [0.4, 0.5) is 0 Å². The van der Waals surface area contributed by atoms with Crippen molar-refractivity contribution in [2.75, 3.05) is 18.6 Å². The van der Waals surface area contributed by atoms with Gasteiger partial charge in [-0.1, -0.05) is 59.8 Å². The Labute approximate surface area is 214 Å². The molecule has 184 valence electrons. The van der Waals surface area contributed by atoms with Crippen molar-refractivity contribution in [3.05, 3.63) is 82.1 Å². The molecule has 0 bridgehead atoms. The predicted molar refractivity (Wildman–Crippen MR) is 138 cm³/mol. The molecule has 10 heteroatoms. The van der Waals surface area contributed by atoms with Gasteiger partial charge in [-0.15, -0.1) is 0 Å². The Balaban J connectivity index is 1.59. The summed E-state index contributed by atoms with van der Waals surface area (Å²) in [5.74, 6) is 0.918. The van der Waals surface area contributed by atoms with E-state index in [1.54, 1.807) is 24.1 Å². The SMILES string of the molecule is COc1ccc(CN(C(=O)c2nc(SCc3ccccc3C)ncc2Cl)C2CCS(=O)(=O)C2)cc1. The number of sulfone groups is 1. The first-order chi connectivity index (χ1) is 16.8. The number of benzene rings is 2. The number of aryl methyl sites for hydroxylation is 1. The van der Waals surface area contributed by atoms with E-state index in [0.29, 0.717) is 23.1 Å². The normalized spacial score (nSPS) is 16.7. The van der Waals surface area contributed by atoms with E-state index < -0.39 is 21.8 Å². The molecule has 1 aliphatic heterocycles. The molecule has 1 atom stereocenters. The van der Waals surface area contributed by atoms with Crippen molar-refractivity contribution < 1.29 is 17.9 Å². The van der Waals surface area contributed by atoms with Crippen molar-refractivity contribution >= 4 is 39.1 Å². The first-order valence-electron chi connectivity index (χ1n) is 11.1. The van der Waals surface area contributed by atoms with E-state index in [2.05, 4.69) is 9.97 Å². The van der Waals surface area contributed by atoms with Gasteiger partial charge in [0, 0.05) is 18.3 Å². The fourth-order valence-corrected chi connectivity index (χ4v) is 6.73. The second kappa shape index (κ2) is 11.0. The van der Waals surface area contributed by atoms with Crippen LogP contribution in [-0.2, 0) is 22.1 Å². The predicted octanol–water partition coefficient (Wildman–Crippen LogP) is 4.57. The monoisotopic (exact) mass is 531 g/mol. The number of rotatable bonds is 8. The molecule has 0 aliphatic carbocycles. The molecule has 3 aromatic rings. The molecular formula is C25H26ClN3O4S2. The summed E-state index contributed by atoms with van der Waals surface area (Å²) >= 11 is 7.78. The summed E-state index contributed by atoms with van der Waals surface area (Å²) < 4.78 is 29.6. The van der Waals surface area contributed by atoms with Crippen molar-refractivity contribution in [3.63, 3.8) is 0 Å². The second-order valence-corrected chi connectivity index (χ2v) is 12.0. The summed E-state index contributed by atoms with van der Waals surface area (Å²) in [6.45, 7) is 2.27. The van der Waals surface area contributed by atoms with Gasteiger partial charge in [0.15, 0.2) is 20.7 Å². The van der Waals surface area contributed by atoms with Crippen molar-refractivity contribution in [1.29, 1.82) is 0 Å². The minimum Gasteiger partial charge on any atom is -0.497 e. The average molecular weight is 532 g/mol. The first kappa shape index (κ1) is 25.5. The van der Waals surface area contributed by atoms with Gasteiger partial charge in [-0.25, -0.2) is 18.4 Å². The van der Waals surface area contributed by atoms with Crippen LogP contribution < -0.4 is 4.74 Å². The van der Waals surface area contributed by atoms with E-state index in [4.69, 9.17) is 16.3 Å². The van der Waals surface area contributed by atoms with Gasteiger partial charge in [0.1, 0.15) is 5.75 Å². The summed E-state index contributed by atoms with van der Waals surface area (Å²) in [6.07, 6.45) is 1.81. The highest BCUT2D eigenvalue weighted by atomic mass is 35.5. The third-order valence-corrected chi connectivity index (χ3v) is 8.90. The number of aromatic nitrogens is 2. The highest BCUT2D eigenvalue weighted by molar-refractivity contribution is 7.98. The minimum absolute atomic E-state index is 0.0547. The van der Waals surface area contributed by atoms with E-state index >= 15 is 0 Å². The Morgan fingerprint density at radius 2 is 1.94 bits per heavy atom. The lowest BCUT2D eigenvalue weighted by Gasteiger charge is -2.28. The minimum atomic E-state index is -3.20. The number of carbonyl (C=O) groups excluding carboxylic acids is 1. The van der Waals surface area contributed by atoms with Gasteiger partial charge in [0.2, 0.25) is 0 Å². The Bertz CT molecular complexity index is 1320. The number of methoxy groups -OCH3 is 1. The molecule has 35 heavy (non-hydrogen) atoms. The van der Waals surface area contributed by atoms with Gasteiger partial charge < -0.3 is 9.64 Å². The van der Waals surface area contributed by atoms with Gasteiger partial charge >= 0.3 is 0 Å². The highest BCUT2D eigenvalue weighted by Gasteiger charge is 2.36. The van der Waals surface area contributed by atoms with Crippen LogP contribution in [-0.4, -0.2) is 53.9 Å². The molecule has 4 rings (SSSR count). The first-order valence-corrected chi connectivity index (χ1v) is 14.3. The molecular weight excluding hydrogens is 506 g/mol. The van der Waals surface area contributed by atoms with E-state index in [1.807, 2.05) is 43.3 Å². The Morgan fingerprint density at radius 1 is 1.20 bits per heavy atom. The molecule has 1 aliphatic rings. The number of amides is 1. The number of carbonyl (C=O) groups is 1. The Kier molecular flexibility index (Phi) is 7.98. The molecule has 1 unspecified atom stereocenters. The number of nitrogens with zero attached hydrogens (tertiary/aromatic N) is 3.